The second-order valence-corrected chi connectivity index (χ2v) is 17.7. The van der Waals surface area contributed by atoms with E-state index in [1.807, 2.05) is 0 Å². The molecule has 0 aromatic heterocycles. The Labute approximate surface area is 224 Å². The van der Waals surface area contributed by atoms with E-state index < -0.39 is 17.1 Å². The van der Waals surface area contributed by atoms with E-state index in [1.54, 1.807) is 0 Å². The zero-order valence-corrected chi connectivity index (χ0v) is 24.5. The van der Waals surface area contributed by atoms with Crippen LogP contribution in [0.25, 0.3) is 27.3 Å². The average molecular weight is 518 g/mol. The van der Waals surface area contributed by atoms with Gasteiger partial charge in [0.25, 0.3) is 8.32 Å². The zero-order chi connectivity index (χ0) is 25.9. The highest BCUT2D eigenvalue weighted by molar-refractivity contribution is 6.85. The van der Waals surface area contributed by atoms with Gasteiger partial charge in [-0.2, -0.15) is 0 Å². The summed E-state index contributed by atoms with van der Waals surface area (Å²) in [5.41, 5.74) is 1.21. The molecule has 187 valence electrons. The van der Waals surface area contributed by atoms with Gasteiger partial charge >= 0.3 is 0 Å². The minimum Gasteiger partial charge on any atom is -0.539 e. The van der Waals surface area contributed by atoms with Crippen LogP contribution in [0.5, 0.6) is 0 Å². The van der Waals surface area contributed by atoms with Crippen LogP contribution in [-0.4, -0.2) is 17.1 Å². The van der Waals surface area contributed by atoms with Crippen molar-refractivity contribution >= 4 is 49.6 Å². The first-order valence-corrected chi connectivity index (χ1v) is 18.8. The van der Waals surface area contributed by atoms with Gasteiger partial charge in [-0.25, -0.2) is 0 Å². The summed E-state index contributed by atoms with van der Waals surface area (Å²) < 4.78 is 7.13. The number of allylic oxidation sites excluding steroid dienone is 5. The Morgan fingerprint density at radius 1 is 0.865 bits per heavy atom. The lowest BCUT2D eigenvalue weighted by Crippen LogP contribution is -2.44. The molecule has 0 heterocycles. The van der Waals surface area contributed by atoms with Gasteiger partial charge in [-0.15, -0.1) is 0 Å². The molecule has 4 aromatic rings. The molecule has 0 bridgehead atoms. The van der Waals surface area contributed by atoms with Gasteiger partial charge in [0.1, 0.15) is 5.76 Å². The van der Waals surface area contributed by atoms with Crippen LogP contribution in [0, 0.1) is 0 Å². The smallest absolute Gasteiger partial charge is 0.276 e. The van der Waals surface area contributed by atoms with Gasteiger partial charge in [-0.1, -0.05) is 116 Å². The van der Waals surface area contributed by atoms with Crippen molar-refractivity contribution in [2.24, 2.45) is 0 Å². The topological polar surface area (TPSA) is 9.23 Å². The fourth-order valence-electron chi connectivity index (χ4n) is 5.57. The maximum atomic E-state index is 7.13. The summed E-state index contributed by atoms with van der Waals surface area (Å²) >= 11 is 0. The van der Waals surface area contributed by atoms with Crippen LogP contribution in [0.4, 0.5) is 0 Å². The highest BCUT2D eigenvalue weighted by Crippen LogP contribution is 2.44. The molecule has 0 fully saturated rings. The van der Waals surface area contributed by atoms with Gasteiger partial charge < -0.3 is 4.43 Å². The quantitative estimate of drug-likeness (QED) is 0.129. The molecule has 0 saturated heterocycles. The van der Waals surface area contributed by atoms with E-state index in [2.05, 4.69) is 141 Å². The van der Waals surface area contributed by atoms with E-state index in [0.717, 1.165) is 25.0 Å². The average Bonchev–Trinajstić information content (AvgIpc) is 2.93. The van der Waals surface area contributed by atoms with Gasteiger partial charge in [0.2, 0.25) is 0 Å². The molecule has 0 aliphatic heterocycles. The fraction of sp³-hybridized carbons (Fsp3) is 0.235. The Hall–Kier alpha value is -3.15. The number of hydrogen-bond donors (Lipinski definition) is 0. The Balaban J connectivity index is 1.60. The van der Waals surface area contributed by atoms with Crippen molar-refractivity contribution < 1.29 is 4.43 Å². The Kier molecular flexibility index (Phi) is 7.36. The summed E-state index contributed by atoms with van der Waals surface area (Å²) in [4.78, 5) is 0. The molecule has 1 aliphatic carbocycles. The first kappa shape index (κ1) is 25.5. The van der Waals surface area contributed by atoms with Crippen LogP contribution in [0.2, 0.25) is 31.2 Å². The van der Waals surface area contributed by atoms with Crippen molar-refractivity contribution in [2.45, 2.75) is 50.5 Å². The molecule has 0 amide bonds. The van der Waals surface area contributed by atoms with Crippen molar-refractivity contribution in [1.29, 1.82) is 0 Å². The Morgan fingerprint density at radius 3 is 2.24 bits per heavy atom. The summed E-state index contributed by atoms with van der Waals surface area (Å²) in [5, 5.41) is 6.72. The standard InChI is InChI=1S/C34H37OSi2/c1-36(2)34(23-13-6-14-24-34)25-15-22-33(35-37(3,4)28-17-7-5-8-18-28)32-26-27-16-9-10-19-29(27)30-20-11-12-21-31(30)32/h5-14,16-23,26H,15,24-25H2,1-4H3/b33-22-. The highest BCUT2D eigenvalue weighted by Gasteiger charge is 2.32. The van der Waals surface area contributed by atoms with E-state index in [4.69, 9.17) is 4.43 Å². The van der Waals surface area contributed by atoms with Gasteiger partial charge in [-0.05, 0) is 76.3 Å². The molecule has 4 aromatic carbocycles. The molecule has 1 radical (unpaired) electrons. The number of hydrogen-bond acceptors (Lipinski definition) is 1. The first-order chi connectivity index (χ1) is 17.9. The van der Waals surface area contributed by atoms with E-state index in [-0.39, 0.29) is 0 Å². The maximum Gasteiger partial charge on any atom is 0.276 e. The number of rotatable bonds is 8. The van der Waals surface area contributed by atoms with Gasteiger partial charge in [0, 0.05) is 5.56 Å². The van der Waals surface area contributed by atoms with Crippen LogP contribution in [0.15, 0.2) is 115 Å². The Bertz CT molecular complexity index is 1480. The zero-order valence-electron chi connectivity index (χ0n) is 22.5. The maximum absolute atomic E-state index is 7.13. The summed E-state index contributed by atoms with van der Waals surface area (Å²) in [6.07, 6.45) is 15.0. The molecule has 3 heteroatoms. The minimum absolute atomic E-state index is 0.304. The summed E-state index contributed by atoms with van der Waals surface area (Å²) in [7, 11) is -2.69. The van der Waals surface area contributed by atoms with Gasteiger partial charge in [0.15, 0.2) is 0 Å². The predicted molar refractivity (Wildman–Crippen MR) is 166 cm³/mol. The summed E-state index contributed by atoms with van der Waals surface area (Å²) in [6, 6.07) is 30.6. The molecule has 1 nitrogen and oxygen atoms in total. The van der Waals surface area contributed by atoms with Crippen LogP contribution in [0.1, 0.15) is 24.8 Å². The van der Waals surface area contributed by atoms with Crippen molar-refractivity contribution in [3.63, 3.8) is 0 Å². The van der Waals surface area contributed by atoms with E-state index in [1.165, 1.54) is 32.3 Å². The molecule has 0 N–H and O–H groups in total. The summed E-state index contributed by atoms with van der Waals surface area (Å²) in [6.45, 7) is 9.54. The molecule has 37 heavy (non-hydrogen) atoms. The minimum atomic E-state index is -2.20. The van der Waals surface area contributed by atoms with Crippen LogP contribution >= 0.6 is 0 Å². The van der Waals surface area contributed by atoms with E-state index >= 15 is 0 Å². The molecule has 0 spiro atoms. The second kappa shape index (κ2) is 10.7. The third kappa shape index (κ3) is 5.30. The number of benzene rings is 4. The third-order valence-electron chi connectivity index (χ3n) is 7.93. The van der Waals surface area contributed by atoms with Gasteiger partial charge in [0.05, 0.1) is 8.80 Å². The van der Waals surface area contributed by atoms with Crippen molar-refractivity contribution in [3.8, 4) is 0 Å². The molecule has 0 saturated carbocycles. The van der Waals surface area contributed by atoms with Crippen LogP contribution < -0.4 is 5.19 Å². The van der Waals surface area contributed by atoms with E-state index in [9.17, 15) is 0 Å². The second-order valence-electron chi connectivity index (χ2n) is 10.9. The molecule has 1 atom stereocenters. The normalized spacial score (nSPS) is 18.1. The van der Waals surface area contributed by atoms with Crippen LogP contribution in [-0.2, 0) is 4.43 Å². The fourth-order valence-corrected chi connectivity index (χ4v) is 9.03. The largest absolute Gasteiger partial charge is 0.539 e. The SMILES string of the molecule is C[Si](C)C1(CC/C=C(\O[Si](C)(C)c2ccccc2)c2cc3ccccc3c3ccccc23)C=CC=CC1. The number of fused-ring (bicyclic) bond motifs is 3. The lowest BCUT2D eigenvalue weighted by molar-refractivity contribution is 0.516. The molecular weight excluding hydrogens is 481 g/mol. The lowest BCUT2D eigenvalue weighted by Gasteiger charge is -2.34. The lowest BCUT2D eigenvalue weighted by atomic mass is 9.93. The van der Waals surface area contributed by atoms with E-state index in [0.29, 0.717) is 5.04 Å². The highest BCUT2D eigenvalue weighted by atomic mass is 28.4. The first-order valence-electron chi connectivity index (χ1n) is 13.4. The molecule has 5 rings (SSSR count). The molecule has 1 unspecified atom stereocenters. The van der Waals surface area contributed by atoms with Gasteiger partial charge in [-0.3, -0.25) is 0 Å². The van der Waals surface area contributed by atoms with Crippen molar-refractivity contribution in [1.82, 2.24) is 0 Å². The monoisotopic (exact) mass is 517 g/mol. The summed E-state index contributed by atoms with van der Waals surface area (Å²) in [5.74, 6) is 1.04. The Morgan fingerprint density at radius 2 is 1.54 bits per heavy atom. The molecule has 1 aliphatic rings. The van der Waals surface area contributed by atoms with Crippen molar-refractivity contribution in [3.05, 3.63) is 121 Å². The van der Waals surface area contributed by atoms with Crippen LogP contribution in [0.3, 0.4) is 0 Å². The third-order valence-corrected chi connectivity index (χ3v) is 13.0. The van der Waals surface area contributed by atoms with Crippen molar-refractivity contribution in [2.75, 3.05) is 0 Å². The molecular formula is C34H37OSi2. The predicted octanol–water partition coefficient (Wildman–Crippen LogP) is 9.25.